The Kier molecular flexibility index (Phi) is 16.0. The predicted octanol–water partition coefficient (Wildman–Crippen LogP) is 26.1. The third-order valence-corrected chi connectivity index (χ3v) is 21.8. The summed E-state index contributed by atoms with van der Waals surface area (Å²) < 4.78 is 9.43. The summed E-state index contributed by atoms with van der Waals surface area (Å²) in [6, 6.07) is 136. The van der Waals surface area contributed by atoms with Crippen LogP contribution in [0, 0.1) is 0 Å². The molecule has 0 N–H and O–H groups in total. The van der Waals surface area contributed by atoms with Crippen LogP contribution in [0.4, 0.5) is 0 Å². The summed E-state index contributed by atoms with van der Waals surface area (Å²) in [6.07, 6.45) is 7.47. The largest absolute Gasteiger partial charge is 0.309 e. The number of aromatic nitrogens is 9. The Balaban J connectivity index is 0.000000141. The molecule has 0 aliphatic rings. The van der Waals surface area contributed by atoms with Gasteiger partial charge in [0, 0.05) is 102 Å². The fourth-order valence-electron chi connectivity index (χ4n) is 16.8. The Morgan fingerprint density at radius 1 is 0.170 bits per heavy atom. The van der Waals surface area contributed by atoms with Gasteiger partial charge in [0.05, 0.1) is 77.9 Å². The van der Waals surface area contributed by atoms with Crippen LogP contribution in [0.1, 0.15) is 0 Å². The lowest BCUT2D eigenvalue weighted by Gasteiger charge is -2.13. The number of hydrogen-bond acceptors (Lipinski definition) is 5. The Labute approximate surface area is 645 Å². The third-order valence-electron chi connectivity index (χ3n) is 21.8. The van der Waals surface area contributed by atoms with E-state index in [9.17, 15) is 0 Å². The first kappa shape index (κ1) is 65.1. The average molecular weight is 1430 g/mol. The lowest BCUT2D eigenvalue weighted by Crippen LogP contribution is -1.96. The van der Waals surface area contributed by atoms with E-state index in [1.807, 2.05) is 67.3 Å². The van der Waals surface area contributed by atoms with Gasteiger partial charge >= 0.3 is 0 Å². The molecule has 0 spiro atoms. The number of rotatable bonds is 12. The first-order chi connectivity index (χ1) is 55.6. The molecule has 524 valence electrons. The van der Waals surface area contributed by atoms with Gasteiger partial charge in [0.1, 0.15) is 0 Å². The van der Waals surface area contributed by atoms with E-state index in [1.165, 1.54) is 32.7 Å². The monoisotopic (exact) mass is 1430 g/mol. The SMILES string of the molecule is c1ccc(-c2cc(-c3ccccc3)nc(-c3cccc(-n4c5ccccc5c5c(-c6ccc7c(c6)c6ncccc6n7-c6ccccc6)cccc54)c3)c2)cc1.c1ccc(-n2c3ccc(-c4cccc5c4c4ccccc4n5-c4cccc(-c5cc(-c6ccccn6)cc(-c6ccccn6)c5)c4)cc3c3ncccc32)cc1. The van der Waals surface area contributed by atoms with Gasteiger partial charge in [0.25, 0.3) is 0 Å². The summed E-state index contributed by atoms with van der Waals surface area (Å²) in [5.41, 5.74) is 32.8. The van der Waals surface area contributed by atoms with Gasteiger partial charge in [-0.05, 0) is 220 Å². The number of fused-ring (bicyclic) bond motifs is 12. The Hall–Kier alpha value is -15.2. The normalized spacial score (nSPS) is 11.6. The zero-order valence-electron chi connectivity index (χ0n) is 60.7. The average Bonchev–Trinajstić information content (AvgIpc) is 1.57. The molecule has 0 aliphatic carbocycles. The topological polar surface area (TPSA) is 84.2 Å². The minimum Gasteiger partial charge on any atom is -0.309 e. The molecule has 112 heavy (non-hydrogen) atoms. The van der Waals surface area contributed by atoms with Crippen molar-refractivity contribution in [2.24, 2.45) is 0 Å². The van der Waals surface area contributed by atoms with E-state index in [0.29, 0.717) is 0 Å². The summed E-state index contributed by atoms with van der Waals surface area (Å²) >= 11 is 0. The summed E-state index contributed by atoms with van der Waals surface area (Å²) in [6.45, 7) is 0. The minimum absolute atomic E-state index is 0.927. The van der Waals surface area contributed by atoms with Gasteiger partial charge in [-0.25, -0.2) is 4.98 Å². The molecule has 9 aromatic heterocycles. The highest BCUT2D eigenvalue weighted by Gasteiger charge is 2.23. The van der Waals surface area contributed by atoms with E-state index in [4.69, 9.17) is 24.9 Å². The van der Waals surface area contributed by atoms with Crippen LogP contribution < -0.4 is 0 Å². The predicted molar refractivity (Wildman–Crippen MR) is 463 cm³/mol. The molecule has 0 bridgehead atoms. The van der Waals surface area contributed by atoms with Gasteiger partial charge in [-0.1, -0.05) is 206 Å². The van der Waals surface area contributed by atoms with E-state index < -0.39 is 0 Å². The number of hydrogen-bond donors (Lipinski definition) is 0. The van der Waals surface area contributed by atoms with Crippen LogP contribution in [-0.4, -0.2) is 43.2 Å². The van der Waals surface area contributed by atoms with Crippen LogP contribution in [0.5, 0.6) is 0 Å². The van der Waals surface area contributed by atoms with Gasteiger partial charge < -0.3 is 18.3 Å². The quantitative estimate of drug-likeness (QED) is 0.122. The zero-order valence-corrected chi connectivity index (χ0v) is 60.7. The van der Waals surface area contributed by atoms with Crippen molar-refractivity contribution in [3.8, 4) is 112 Å². The lowest BCUT2D eigenvalue weighted by atomic mass is 9.96. The van der Waals surface area contributed by atoms with E-state index in [-0.39, 0.29) is 0 Å². The van der Waals surface area contributed by atoms with Crippen molar-refractivity contribution in [1.29, 1.82) is 0 Å². The van der Waals surface area contributed by atoms with Crippen LogP contribution >= 0.6 is 0 Å². The Morgan fingerprint density at radius 2 is 0.536 bits per heavy atom. The van der Waals surface area contributed by atoms with Crippen molar-refractivity contribution in [3.63, 3.8) is 0 Å². The minimum atomic E-state index is 0.927. The molecule has 0 radical (unpaired) electrons. The summed E-state index contributed by atoms with van der Waals surface area (Å²) in [5, 5.41) is 7.14. The number of para-hydroxylation sites is 4. The molecule has 0 aliphatic heterocycles. The molecule has 9 heteroatoms. The summed E-state index contributed by atoms with van der Waals surface area (Å²) in [4.78, 5) is 24.4. The molecular formula is C103H67N9. The van der Waals surface area contributed by atoms with Crippen LogP contribution in [0.2, 0.25) is 0 Å². The van der Waals surface area contributed by atoms with Crippen molar-refractivity contribution in [1.82, 2.24) is 43.2 Å². The molecule has 0 saturated heterocycles. The highest BCUT2D eigenvalue weighted by atomic mass is 15.0. The number of benzene rings is 13. The first-order valence-electron chi connectivity index (χ1n) is 37.8. The fraction of sp³-hybridized carbons (Fsp3) is 0. The van der Waals surface area contributed by atoms with Crippen LogP contribution in [0.3, 0.4) is 0 Å². The molecule has 9 nitrogen and oxygen atoms in total. The Bertz CT molecular complexity index is 6790. The maximum atomic E-state index is 5.25. The van der Waals surface area contributed by atoms with Gasteiger partial charge in [-0.3, -0.25) is 19.9 Å². The van der Waals surface area contributed by atoms with E-state index in [1.54, 1.807) is 0 Å². The van der Waals surface area contributed by atoms with Gasteiger partial charge in [0.15, 0.2) is 0 Å². The van der Waals surface area contributed by atoms with Gasteiger partial charge in [-0.2, -0.15) is 0 Å². The second-order valence-electron chi connectivity index (χ2n) is 28.3. The second-order valence-corrected chi connectivity index (χ2v) is 28.3. The van der Waals surface area contributed by atoms with Gasteiger partial charge in [-0.15, -0.1) is 0 Å². The number of nitrogens with zero attached hydrogens (tertiary/aromatic N) is 9. The van der Waals surface area contributed by atoms with Crippen LogP contribution in [-0.2, 0) is 0 Å². The summed E-state index contributed by atoms with van der Waals surface area (Å²) in [7, 11) is 0. The molecule has 22 rings (SSSR count). The van der Waals surface area contributed by atoms with E-state index >= 15 is 0 Å². The molecule has 22 aromatic rings. The van der Waals surface area contributed by atoms with Crippen molar-refractivity contribution in [2.45, 2.75) is 0 Å². The molecule has 9 heterocycles. The molecule has 0 amide bonds. The van der Waals surface area contributed by atoms with Crippen molar-refractivity contribution < 1.29 is 0 Å². The van der Waals surface area contributed by atoms with Crippen LogP contribution in [0.15, 0.2) is 407 Å². The molecule has 13 aromatic carbocycles. The highest BCUT2D eigenvalue weighted by Crippen LogP contribution is 2.45. The molecule has 0 saturated carbocycles. The zero-order chi connectivity index (χ0) is 74.0. The van der Waals surface area contributed by atoms with Crippen LogP contribution in [0.25, 0.3) is 200 Å². The maximum absolute atomic E-state index is 5.25. The molecule has 0 unspecified atom stereocenters. The molecular weight excluding hydrogens is 1360 g/mol. The van der Waals surface area contributed by atoms with E-state index in [2.05, 4.69) is 358 Å². The molecule has 0 fully saturated rings. The Morgan fingerprint density at radius 3 is 1.04 bits per heavy atom. The lowest BCUT2D eigenvalue weighted by molar-refractivity contribution is 1.17. The summed E-state index contributed by atoms with van der Waals surface area (Å²) in [5.74, 6) is 0. The second kappa shape index (κ2) is 27.5. The number of pyridine rings is 5. The van der Waals surface area contributed by atoms with Crippen molar-refractivity contribution >= 4 is 87.5 Å². The standard InChI is InChI=1S/C52H34N4.C51H33N5/c1-4-15-35(16-5-1)39-33-45(36-17-6-2-7-18-36)54-46(34-39)38-19-12-22-41(31-38)56-47-25-11-10-23-43(47)51-42(24-13-26-49(51)56)37-28-29-48-44(32-37)52-50(27-14-30-53-52)55(48)40-20-8-3-9-21-40;1-2-14-39(15-3-1)55-47-25-24-35(33-43(47)51-49(55)23-12-28-54-51)41-18-11-22-48-50(41)42-17-4-5-21-46(42)56(48)40-16-10-13-34(32-40)36-29-37(44-19-6-8-26-52-44)31-38(30-36)45-20-7-9-27-53-45/h1-34H;1-33H. The smallest absolute Gasteiger partial charge is 0.0963 e. The van der Waals surface area contributed by atoms with E-state index in [0.717, 1.165) is 167 Å². The third kappa shape index (κ3) is 11.4. The molecule has 0 atom stereocenters. The van der Waals surface area contributed by atoms with Crippen molar-refractivity contribution in [3.05, 3.63) is 407 Å². The first-order valence-corrected chi connectivity index (χ1v) is 37.8. The van der Waals surface area contributed by atoms with Crippen molar-refractivity contribution in [2.75, 3.05) is 0 Å². The maximum Gasteiger partial charge on any atom is 0.0963 e. The fourth-order valence-corrected chi connectivity index (χ4v) is 16.8. The van der Waals surface area contributed by atoms with Gasteiger partial charge in [0.2, 0.25) is 0 Å². The highest BCUT2D eigenvalue weighted by molar-refractivity contribution is 6.19.